The van der Waals surface area contributed by atoms with Crippen molar-refractivity contribution in [1.29, 1.82) is 0 Å². The van der Waals surface area contributed by atoms with Gasteiger partial charge in [0.1, 0.15) is 0 Å². The summed E-state index contributed by atoms with van der Waals surface area (Å²) in [5, 5.41) is 17.8. The second kappa shape index (κ2) is 7.92. The van der Waals surface area contributed by atoms with E-state index in [9.17, 15) is 9.90 Å². The van der Waals surface area contributed by atoms with E-state index in [2.05, 4.69) is 20.4 Å². The van der Waals surface area contributed by atoms with Gasteiger partial charge in [0.2, 0.25) is 0 Å². The predicted molar refractivity (Wildman–Crippen MR) is 115 cm³/mol. The minimum atomic E-state index is -0.552. The van der Waals surface area contributed by atoms with Gasteiger partial charge in [0, 0.05) is 36.6 Å². The maximum absolute atomic E-state index is 12.1. The highest BCUT2D eigenvalue weighted by molar-refractivity contribution is 6.07. The molecule has 1 amide bonds. The summed E-state index contributed by atoms with van der Waals surface area (Å²) in [6.07, 6.45) is 5.15. The van der Waals surface area contributed by atoms with Gasteiger partial charge in [-0.1, -0.05) is 12.1 Å². The fraction of sp³-hybridized carbons (Fsp3) is 0.182. The standard InChI is InChI=1S/C22H22N6O2/c1-13-11-28(2)27-20(13)10-26-21-17-7-14(15-3-5-16(12-29)24-8-15)4-6-19(17)25-9-18(21)22(23)30/h3-9,11,29H,10,12H2,1-2H3,(H2,23,30)(H,25,26). The number of aromatic nitrogens is 4. The molecule has 4 rings (SSSR count). The van der Waals surface area contributed by atoms with Gasteiger partial charge in [-0.2, -0.15) is 5.10 Å². The summed E-state index contributed by atoms with van der Waals surface area (Å²) in [5.74, 6) is -0.552. The molecule has 30 heavy (non-hydrogen) atoms. The van der Waals surface area contributed by atoms with Crippen molar-refractivity contribution in [3.05, 3.63) is 71.4 Å². The normalized spacial score (nSPS) is 11.0. The van der Waals surface area contributed by atoms with E-state index in [4.69, 9.17) is 5.73 Å². The molecule has 0 radical (unpaired) electrons. The van der Waals surface area contributed by atoms with Crippen LogP contribution < -0.4 is 11.1 Å². The van der Waals surface area contributed by atoms with Crippen molar-refractivity contribution in [1.82, 2.24) is 19.7 Å². The van der Waals surface area contributed by atoms with Crippen LogP contribution in [-0.4, -0.2) is 30.8 Å². The molecule has 8 nitrogen and oxygen atoms in total. The predicted octanol–water partition coefficient (Wildman–Crippen LogP) is 2.54. The first-order valence-corrected chi connectivity index (χ1v) is 9.48. The number of rotatable bonds is 6. The number of nitrogens with one attached hydrogen (secondary N) is 1. The summed E-state index contributed by atoms with van der Waals surface area (Å²) in [6, 6.07) is 9.47. The minimum Gasteiger partial charge on any atom is -0.390 e. The largest absolute Gasteiger partial charge is 0.390 e. The Balaban J connectivity index is 1.79. The van der Waals surface area contributed by atoms with Crippen molar-refractivity contribution < 1.29 is 9.90 Å². The van der Waals surface area contributed by atoms with Crippen molar-refractivity contribution in [2.24, 2.45) is 12.8 Å². The Morgan fingerprint density at radius 3 is 2.60 bits per heavy atom. The van der Waals surface area contributed by atoms with Crippen molar-refractivity contribution >= 4 is 22.5 Å². The highest BCUT2D eigenvalue weighted by atomic mass is 16.3. The highest BCUT2D eigenvalue weighted by Crippen LogP contribution is 2.31. The van der Waals surface area contributed by atoms with E-state index in [1.165, 1.54) is 6.20 Å². The number of anilines is 1. The summed E-state index contributed by atoms with van der Waals surface area (Å²) < 4.78 is 1.76. The Morgan fingerprint density at radius 1 is 1.17 bits per heavy atom. The third kappa shape index (κ3) is 3.72. The van der Waals surface area contributed by atoms with Crippen LogP contribution in [0.4, 0.5) is 5.69 Å². The van der Waals surface area contributed by atoms with Crippen LogP contribution in [0.25, 0.3) is 22.0 Å². The van der Waals surface area contributed by atoms with Crippen LogP contribution in [0.1, 0.15) is 27.3 Å². The molecule has 0 aliphatic heterocycles. The summed E-state index contributed by atoms with van der Waals surface area (Å²) in [7, 11) is 1.87. The van der Waals surface area contributed by atoms with Gasteiger partial charge in [0.05, 0.1) is 41.3 Å². The molecule has 1 aromatic carbocycles. The average molecular weight is 402 g/mol. The first kappa shape index (κ1) is 19.5. The van der Waals surface area contributed by atoms with E-state index in [1.807, 2.05) is 44.4 Å². The Kier molecular flexibility index (Phi) is 5.16. The number of aliphatic hydroxyl groups is 1. The number of primary amides is 1. The Bertz CT molecular complexity index is 1230. The smallest absolute Gasteiger partial charge is 0.252 e. The lowest BCUT2D eigenvalue weighted by Crippen LogP contribution is -2.15. The van der Waals surface area contributed by atoms with Gasteiger partial charge in [-0.15, -0.1) is 0 Å². The third-order valence-electron chi connectivity index (χ3n) is 5.00. The van der Waals surface area contributed by atoms with Gasteiger partial charge in [0.25, 0.3) is 5.91 Å². The van der Waals surface area contributed by atoms with Gasteiger partial charge in [-0.05, 0) is 36.2 Å². The fourth-order valence-corrected chi connectivity index (χ4v) is 3.44. The molecule has 3 heterocycles. The molecule has 4 N–H and O–H groups in total. The zero-order valence-corrected chi connectivity index (χ0v) is 16.8. The molecule has 152 valence electrons. The summed E-state index contributed by atoms with van der Waals surface area (Å²) >= 11 is 0. The van der Waals surface area contributed by atoms with E-state index in [0.29, 0.717) is 23.5 Å². The first-order valence-electron chi connectivity index (χ1n) is 9.48. The number of aliphatic hydroxyl groups excluding tert-OH is 1. The Morgan fingerprint density at radius 2 is 1.97 bits per heavy atom. The second-order valence-corrected chi connectivity index (χ2v) is 7.13. The van der Waals surface area contributed by atoms with E-state index in [0.717, 1.165) is 33.3 Å². The molecule has 0 aliphatic rings. The zero-order chi connectivity index (χ0) is 21.3. The van der Waals surface area contributed by atoms with Gasteiger partial charge in [-0.25, -0.2) is 0 Å². The fourth-order valence-electron chi connectivity index (χ4n) is 3.44. The zero-order valence-electron chi connectivity index (χ0n) is 16.8. The number of amides is 1. The third-order valence-corrected chi connectivity index (χ3v) is 5.00. The van der Waals surface area contributed by atoms with E-state index < -0.39 is 5.91 Å². The molecular weight excluding hydrogens is 380 g/mol. The molecule has 4 aromatic rings. The van der Waals surface area contributed by atoms with Gasteiger partial charge in [-0.3, -0.25) is 19.4 Å². The van der Waals surface area contributed by atoms with Gasteiger partial charge < -0.3 is 16.2 Å². The van der Waals surface area contributed by atoms with E-state index in [1.54, 1.807) is 16.9 Å². The molecule has 0 spiro atoms. The molecule has 0 saturated carbocycles. The monoisotopic (exact) mass is 402 g/mol. The van der Waals surface area contributed by atoms with E-state index in [-0.39, 0.29) is 6.61 Å². The number of nitrogens with zero attached hydrogens (tertiary/aromatic N) is 4. The van der Waals surface area contributed by atoms with Gasteiger partial charge in [0.15, 0.2) is 0 Å². The Hall–Kier alpha value is -3.78. The second-order valence-electron chi connectivity index (χ2n) is 7.13. The molecule has 0 atom stereocenters. The molecule has 0 aliphatic carbocycles. The number of benzene rings is 1. The van der Waals surface area contributed by atoms with Crippen LogP contribution in [0, 0.1) is 6.92 Å². The maximum Gasteiger partial charge on any atom is 0.252 e. The van der Waals surface area contributed by atoms with Crippen molar-refractivity contribution in [2.45, 2.75) is 20.1 Å². The van der Waals surface area contributed by atoms with Gasteiger partial charge >= 0.3 is 0 Å². The lowest BCUT2D eigenvalue weighted by molar-refractivity contribution is 0.100. The molecule has 0 unspecified atom stereocenters. The minimum absolute atomic E-state index is 0.106. The highest BCUT2D eigenvalue weighted by Gasteiger charge is 2.15. The molecule has 3 aromatic heterocycles. The molecule has 0 fully saturated rings. The quantitative estimate of drug-likeness (QED) is 0.456. The molecular formula is C22H22N6O2. The lowest BCUT2D eigenvalue weighted by Gasteiger charge is -2.14. The number of hydrogen-bond acceptors (Lipinski definition) is 6. The van der Waals surface area contributed by atoms with E-state index >= 15 is 0 Å². The summed E-state index contributed by atoms with van der Waals surface area (Å²) in [5.41, 5.74) is 11.7. The molecule has 8 heteroatoms. The summed E-state index contributed by atoms with van der Waals surface area (Å²) in [4.78, 5) is 20.7. The summed E-state index contributed by atoms with van der Waals surface area (Å²) in [6.45, 7) is 2.33. The molecule has 0 bridgehead atoms. The number of pyridine rings is 2. The SMILES string of the molecule is Cc1cn(C)nc1CNc1c(C(N)=O)cnc2ccc(-c3ccc(CO)nc3)cc12. The number of carbonyl (C=O) groups is 1. The number of carbonyl (C=O) groups excluding carboxylic acids is 1. The average Bonchev–Trinajstić information content (AvgIpc) is 3.08. The number of hydrogen-bond donors (Lipinski definition) is 3. The van der Waals surface area contributed by atoms with Crippen LogP contribution in [0.15, 0.2) is 48.9 Å². The van der Waals surface area contributed by atoms with Crippen LogP contribution in [-0.2, 0) is 20.2 Å². The van der Waals surface area contributed by atoms with Crippen LogP contribution in [0.3, 0.4) is 0 Å². The van der Waals surface area contributed by atoms with Crippen molar-refractivity contribution in [3.8, 4) is 11.1 Å². The van der Waals surface area contributed by atoms with Crippen LogP contribution in [0.5, 0.6) is 0 Å². The van der Waals surface area contributed by atoms with Crippen LogP contribution in [0.2, 0.25) is 0 Å². The Labute approximate surface area is 173 Å². The number of fused-ring (bicyclic) bond motifs is 1. The van der Waals surface area contributed by atoms with Crippen molar-refractivity contribution in [3.63, 3.8) is 0 Å². The topological polar surface area (TPSA) is 119 Å². The maximum atomic E-state index is 12.1. The van der Waals surface area contributed by atoms with Crippen LogP contribution >= 0.6 is 0 Å². The first-order chi connectivity index (χ1) is 14.5. The molecule has 0 saturated heterocycles. The van der Waals surface area contributed by atoms with Crippen molar-refractivity contribution in [2.75, 3.05) is 5.32 Å². The number of nitrogens with two attached hydrogens (primary N) is 1. The number of aryl methyl sites for hydroxylation is 2. The lowest BCUT2D eigenvalue weighted by atomic mass is 10.0.